The molecule has 0 aromatic carbocycles. The van der Waals surface area contributed by atoms with Gasteiger partial charge in [-0.1, -0.05) is 0 Å². The summed E-state index contributed by atoms with van der Waals surface area (Å²) in [5.74, 6) is 2.33. The Morgan fingerprint density at radius 2 is 2.57 bits per heavy atom. The van der Waals surface area contributed by atoms with Crippen molar-refractivity contribution in [3.63, 3.8) is 0 Å². The Bertz CT molecular complexity index is 27.7. The summed E-state index contributed by atoms with van der Waals surface area (Å²) < 4.78 is 5.12. The average molecular weight is 117 g/mol. The molecule has 0 aromatic rings. The molecule has 1 aliphatic rings. The molecule has 1 saturated heterocycles. The van der Waals surface area contributed by atoms with Gasteiger partial charge in [-0.15, -0.1) is 0 Å². The first-order valence-corrected chi connectivity index (χ1v) is 3.63. The van der Waals surface area contributed by atoms with Crippen molar-refractivity contribution in [1.29, 1.82) is 0 Å². The number of hydrogen-bond donors (Lipinski definition) is 0. The standard InChI is InChI=1S/C5H9OS/c1-2-6-3-5-7-4-1/h1H,2-5H2. The van der Waals surface area contributed by atoms with Crippen molar-refractivity contribution < 1.29 is 4.74 Å². The van der Waals surface area contributed by atoms with Gasteiger partial charge in [0.05, 0.1) is 13.2 Å². The van der Waals surface area contributed by atoms with Crippen molar-refractivity contribution >= 4 is 11.8 Å². The molecule has 0 saturated carbocycles. The summed E-state index contributed by atoms with van der Waals surface area (Å²) in [6.07, 6.45) is 2.16. The van der Waals surface area contributed by atoms with E-state index in [2.05, 4.69) is 6.42 Å². The average Bonchev–Trinajstić information content (AvgIpc) is 1.90. The molecule has 1 aliphatic heterocycles. The zero-order valence-electron chi connectivity index (χ0n) is 4.22. The Labute approximate surface area is 48.4 Å². The van der Waals surface area contributed by atoms with E-state index in [0.29, 0.717) is 0 Å². The molecule has 1 radical (unpaired) electrons. The van der Waals surface area contributed by atoms with Gasteiger partial charge >= 0.3 is 0 Å². The van der Waals surface area contributed by atoms with E-state index in [-0.39, 0.29) is 0 Å². The third kappa shape index (κ3) is 2.19. The SMILES string of the molecule is [CH]1COCCSC1. The maximum Gasteiger partial charge on any atom is 0.0556 e. The summed E-state index contributed by atoms with van der Waals surface area (Å²) in [6, 6.07) is 0. The van der Waals surface area contributed by atoms with Gasteiger partial charge in [-0.2, -0.15) is 11.8 Å². The largest absolute Gasteiger partial charge is 0.380 e. The monoisotopic (exact) mass is 117 g/mol. The van der Waals surface area contributed by atoms with Gasteiger partial charge in [0.2, 0.25) is 0 Å². The van der Waals surface area contributed by atoms with Gasteiger partial charge in [0.15, 0.2) is 0 Å². The lowest BCUT2D eigenvalue weighted by molar-refractivity contribution is 0.174. The highest BCUT2D eigenvalue weighted by molar-refractivity contribution is 7.99. The van der Waals surface area contributed by atoms with Crippen molar-refractivity contribution in [2.75, 3.05) is 24.7 Å². The van der Waals surface area contributed by atoms with Gasteiger partial charge in [0.25, 0.3) is 0 Å². The van der Waals surface area contributed by atoms with Crippen molar-refractivity contribution in [2.45, 2.75) is 0 Å². The normalized spacial score (nSPS) is 24.0. The molecular weight excluding hydrogens is 108 g/mol. The minimum Gasteiger partial charge on any atom is -0.380 e. The third-order valence-corrected chi connectivity index (χ3v) is 1.77. The van der Waals surface area contributed by atoms with E-state index in [1.54, 1.807) is 0 Å². The summed E-state index contributed by atoms with van der Waals surface area (Å²) >= 11 is 1.94. The Morgan fingerprint density at radius 3 is 3.57 bits per heavy atom. The second kappa shape index (κ2) is 3.33. The maximum atomic E-state index is 5.12. The van der Waals surface area contributed by atoms with E-state index in [1.165, 1.54) is 5.75 Å². The van der Waals surface area contributed by atoms with Gasteiger partial charge in [-0.05, 0) is 12.2 Å². The van der Waals surface area contributed by atoms with Crippen LogP contribution in [-0.2, 0) is 4.74 Å². The molecule has 1 rings (SSSR count). The smallest absolute Gasteiger partial charge is 0.0556 e. The van der Waals surface area contributed by atoms with Crippen LogP contribution in [0.1, 0.15) is 0 Å². The molecule has 0 unspecified atom stereocenters. The van der Waals surface area contributed by atoms with Crippen LogP contribution in [0.3, 0.4) is 0 Å². The molecule has 41 valence electrons. The van der Waals surface area contributed by atoms with Crippen molar-refractivity contribution in [3.05, 3.63) is 6.42 Å². The topological polar surface area (TPSA) is 9.23 Å². The van der Waals surface area contributed by atoms with Crippen LogP contribution in [0.2, 0.25) is 0 Å². The predicted molar refractivity (Wildman–Crippen MR) is 32.4 cm³/mol. The van der Waals surface area contributed by atoms with Crippen LogP contribution in [0.5, 0.6) is 0 Å². The van der Waals surface area contributed by atoms with E-state index in [1.807, 2.05) is 11.8 Å². The summed E-state index contributed by atoms with van der Waals surface area (Å²) in [7, 11) is 0. The first-order chi connectivity index (χ1) is 3.50. The summed E-state index contributed by atoms with van der Waals surface area (Å²) in [6.45, 7) is 1.79. The molecule has 0 bridgehead atoms. The second-order valence-corrected chi connectivity index (χ2v) is 2.59. The molecule has 1 fully saturated rings. The minimum absolute atomic E-state index is 0.854. The fourth-order valence-corrected chi connectivity index (χ4v) is 1.16. The van der Waals surface area contributed by atoms with Crippen molar-refractivity contribution in [3.8, 4) is 0 Å². The first-order valence-electron chi connectivity index (χ1n) is 2.47. The quantitative estimate of drug-likeness (QED) is 0.467. The molecule has 1 heterocycles. The lowest BCUT2D eigenvalue weighted by Crippen LogP contribution is -1.93. The molecule has 0 aliphatic carbocycles. The summed E-state index contributed by atoms with van der Waals surface area (Å²) in [5, 5.41) is 0. The number of thioether (sulfide) groups is 1. The van der Waals surface area contributed by atoms with E-state index in [4.69, 9.17) is 4.74 Å². The highest BCUT2D eigenvalue weighted by Crippen LogP contribution is 2.04. The van der Waals surface area contributed by atoms with Crippen LogP contribution in [0, 0.1) is 6.42 Å². The number of ether oxygens (including phenoxy) is 1. The minimum atomic E-state index is 0.854. The van der Waals surface area contributed by atoms with Crippen molar-refractivity contribution in [1.82, 2.24) is 0 Å². The lowest BCUT2D eigenvalue weighted by Gasteiger charge is -1.90. The van der Waals surface area contributed by atoms with Crippen molar-refractivity contribution in [2.24, 2.45) is 0 Å². The molecule has 1 nitrogen and oxygen atoms in total. The van der Waals surface area contributed by atoms with Gasteiger partial charge in [0, 0.05) is 5.75 Å². The molecule has 7 heavy (non-hydrogen) atoms. The van der Waals surface area contributed by atoms with E-state index >= 15 is 0 Å². The Balaban J connectivity index is 2.04. The fraction of sp³-hybridized carbons (Fsp3) is 0.800. The Morgan fingerprint density at radius 1 is 1.57 bits per heavy atom. The summed E-state index contributed by atoms with van der Waals surface area (Å²) in [4.78, 5) is 0. The highest BCUT2D eigenvalue weighted by atomic mass is 32.2. The lowest BCUT2D eigenvalue weighted by atomic mass is 10.5. The zero-order chi connectivity index (χ0) is 4.95. The molecule has 0 N–H and O–H groups in total. The Kier molecular flexibility index (Phi) is 2.59. The van der Waals surface area contributed by atoms with Gasteiger partial charge in [0.1, 0.15) is 0 Å². The molecule has 0 aromatic heterocycles. The van der Waals surface area contributed by atoms with Crippen LogP contribution in [0.25, 0.3) is 0 Å². The van der Waals surface area contributed by atoms with E-state index in [0.717, 1.165) is 19.0 Å². The van der Waals surface area contributed by atoms with Gasteiger partial charge in [-0.25, -0.2) is 0 Å². The molecular formula is C5H9OS. The van der Waals surface area contributed by atoms with E-state index in [9.17, 15) is 0 Å². The van der Waals surface area contributed by atoms with Crippen LogP contribution in [0.4, 0.5) is 0 Å². The van der Waals surface area contributed by atoms with Crippen LogP contribution < -0.4 is 0 Å². The van der Waals surface area contributed by atoms with Crippen LogP contribution >= 0.6 is 11.8 Å². The van der Waals surface area contributed by atoms with Gasteiger partial charge in [-0.3, -0.25) is 0 Å². The number of hydrogen-bond acceptors (Lipinski definition) is 2. The first kappa shape index (κ1) is 5.45. The Hall–Kier alpha value is 0.310. The van der Waals surface area contributed by atoms with Crippen LogP contribution in [0.15, 0.2) is 0 Å². The molecule has 2 heteroatoms. The number of rotatable bonds is 0. The predicted octanol–water partition coefficient (Wildman–Crippen LogP) is 0.954. The molecule has 0 spiro atoms. The van der Waals surface area contributed by atoms with E-state index < -0.39 is 0 Å². The maximum absolute atomic E-state index is 5.12. The second-order valence-electron chi connectivity index (χ2n) is 1.44. The fourth-order valence-electron chi connectivity index (χ4n) is 0.499. The third-order valence-electron chi connectivity index (χ3n) is 0.843. The zero-order valence-corrected chi connectivity index (χ0v) is 5.04. The molecule has 0 amide bonds. The summed E-state index contributed by atoms with van der Waals surface area (Å²) in [5.41, 5.74) is 0. The van der Waals surface area contributed by atoms with Gasteiger partial charge < -0.3 is 4.74 Å². The molecule has 0 atom stereocenters. The van der Waals surface area contributed by atoms with Crippen LogP contribution in [-0.4, -0.2) is 24.7 Å². The highest BCUT2D eigenvalue weighted by Gasteiger charge is 1.95.